The highest BCUT2D eigenvalue weighted by Gasteiger charge is 2.19. The molecule has 2 aromatic rings. The summed E-state index contributed by atoms with van der Waals surface area (Å²) < 4.78 is 19.2. The molecule has 1 amide bonds. The van der Waals surface area contributed by atoms with Gasteiger partial charge in [0.25, 0.3) is 5.91 Å². The Bertz CT molecular complexity index is 649. The van der Waals surface area contributed by atoms with Crippen LogP contribution in [-0.4, -0.2) is 17.9 Å². The summed E-state index contributed by atoms with van der Waals surface area (Å²) in [5.41, 5.74) is 7.29. The number of carbonyl (C=O) groups excluding carboxylic acids is 1. The summed E-state index contributed by atoms with van der Waals surface area (Å²) >= 11 is 0. The molecule has 0 spiro atoms. The van der Waals surface area contributed by atoms with Crippen LogP contribution in [0.15, 0.2) is 28.9 Å². The molecule has 20 heavy (non-hydrogen) atoms. The van der Waals surface area contributed by atoms with Gasteiger partial charge in [-0.1, -0.05) is 0 Å². The fourth-order valence-electron chi connectivity index (χ4n) is 2.06. The first-order chi connectivity index (χ1) is 9.40. The van der Waals surface area contributed by atoms with E-state index in [1.165, 1.54) is 17.0 Å². The van der Waals surface area contributed by atoms with Gasteiger partial charge < -0.3 is 15.1 Å². The van der Waals surface area contributed by atoms with Gasteiger partial charge in [-0.15, -0.1) is 0 Å². The van der Waals surface area contributed by atoms with E-state index in [0.29, 0.717) is 17.8 Å². The smallest absolute Gasteiger partial charge is 0.256 e. The lowest BCUT2D eigenvalue weighted by Crippen LogP contribution is -2.27. The summed E-state index contributed by atoms with van der Waals surface area (Å²) in [6, 6.07) is 4.66. The number of carbonyl (C=O) groups is 1. The first-order valence-electron chi connectivity index (χ1n) is 6.24. The SMILES string of the molecule is Cc1cc(N)cc(C(=O)N(C)Cc2ccoc2C)c1F. The monoisotopic (exact) mass is 276 g/mol. The Morgan fingerprint density at radius 3 is 2.70 bits per heavy atom. The Labute approximate surface area is 117 Å². The minimum absolute atomic E-state index is 0.00820. The lowest BCUT2D eigenvalue weighted by molar-refractivity contribution is 0.0780. The van der Waals surface area contributed by atoms with Gasteiger partial charge in [0, 0.05) is 24.8 Å². The van der Waals surface area contributed by atoms with Gasteiger partial charge in [-0.25, -0.2) is 4.39 Å². The van der Waals surface area contributed by atoms with Gasteiger partial charge in [0.15, 0.2) is 0 Å². The maximum Gasteiger partial charge on any atom is 0.256 e. The van der Waals surface area contributed by atoms with Crippen molar-refractivity contribution in [3.63, 3.8) is 0 Å². The van der Waals surface area contributed by atoms with E-state index in [2.05, 4.69) is 0 Å². The highest BCUT2D eigenvalue weighted by molar-refractivity contribution is 5.95. The van der Waals surface area contributed by atoms with E-state index >= 15 is 0 Å². The molecular formula is C15H17FN2O2. The van der Waals surface area contributed by atoms with Crippen LogP contribution in [0.5, 0.6) is 0 Å². The summed E-state index contributed by atoms with van der Waals surface area (Å²) in [6.07, 6.45) is 1.56. The zero-order chi connectivity index (χ0) is 14.9. The van der Waals surface area contributed by atoms with Gasteiger partial charge in [-0.3, -0.25) is 4.79 Å². The van der Waals surface area contributed by atoms with Crippen molar-refractivity contribution < 1.29 is 13.6 Å². The number of rotatable bonds is 3. The first kappa shape index (κ1) is 14.1. The minimum Gasteiger partial charge on any atom is -0.469 e. The van der Waals surface area contributed by atoms with Gasteiger partial charge in [0.1, 0.15) is 11.6 Å². The van der Waals surface area contributed by atoms with Crippen LogP contribution in [0.4, 0.5) is 10.1 Å². The van der Waals surface area contributed by atoms with E-state index in [-0.39, 0.29) is 5.56 Å². The van der Waals surface area contributed by atoms with Crippen molar-refractivity contribution >= 4 is 11.6 Å². The van der Waals surface area contributed by atoms with Gasteiger partial charge in [-0.05, 0) is 37.6 Å². The number of aryl methyl sites for hydroxylation is 2. The second-order valence-corrected chi connectivity index (χ2v) is 4.86. The van der Waals surface area contributed by atoms with Crippen LogP contribution >= 0.6 is 0 Å². The normalized spacial score (nSPS) is 10.6. The highest BCUT2D eigenvalue weighted by Crippen LogP contribution is 2.20. The quantitative estimate of drug-likeness (QED) is 0.877. The number of amides is 1. The van der Waals surface area contributed by atoms with Crippen molar-refractivity contribution in [1.82, 2.24) is 4.90 Å². The summed E-state index contributed by atoms with van der Waals surface area (Å²) in [4.78, 5) is 13.7. The Kier molecular flexibility index (Phi) is 3.79. The fraction of sp³-hybridized carbons (Fsp3) is 0.267. The Balaban J connectivity index is 2.25. The molecule has 0 aliphatic heterocycles. The largest absolute Gasteiger partial charge is 0.469 e. The van der Waals surface area contributed by atoms with Crippen molar-refractivity contribution in [2.75, 3.05) is 12.8 Å². The van der Waals surface area contributed by atoms with Crippen molar-refractivity contribution in [1.29, 1.82) is 0 Å². The van der Waals surface area contributed by atoms with Crippen molar-refractivity contribution in [2.45, 2.75) is 20.4 Å². The van der Waals surface area contributed by atoms with Crippen LogP contribution in [0.3, 0.4) is 0 Å². The average molecular weight is 276 g/mol. The molecule has 0 aliphatic carbocycles. The van der Waals surface area contributed by atoms with Crippen LogP contribution in [0, 0.1) is 19.7 Å². The standard InChI is InChI=1S/C15H17FN2O2/c1-9-6-12(17)7-13(14(9)16)15(19)18(3)8-11-4-5-20-10(11)2/h4-7H,8,17H2,1-3H3. The van der Waals surface area contributed by atoms with Crippen LogP contribution in [-0.2, 0) is 6.54 Å². The zero-order valence-electron chi connectivity index (χ0n) is 11.7. The summed E-state index contributed by atoms with van der Waals surface area (Å²) in [6.45, 7) is 3.76. The van der Waals surface area contributed by atoms with Crippen LogP contribution in [0.25, 0.3) is 0 Å². The molecule has 2 rings (SSSR count). The van der Waals surface area contributed by atoms with Crippen LogP contribution in [0.2, 0.25) is 0 Å². The third-order valence-electron chi connectivity index (χ3n) is 3.23. The maximum atomic E-state index is 14.0. The molecule has 1 heterocycles. The third kappa shape index (κ3) is 2.66. The molecule has 5 heteroatoms. The predicted octanol–water partition coefficient (Wildman–Crippen LogP) is 2.89. The van der Waals surface area contributed by atoms with E-state index in [9.17, 15) is 9.18 Å². The molecule has 0 atom stereocenters. The maximum absolute atomic E-state index is 14.0. The number of nitrogens with zero attached hydrogens (tertiary/aromatic N) is 1. The number of nitrogen functional groups attached to an aromatic ring is 1. The fourth-order valence-corrected chi connectivity index (χ4v) is 2.06. The molecule has 0 aliphatic rings. The molecule has 4 nitrogen and oxygen atoms in total. The number of hydrogen-bond acceptors (Lipinski definition) is 3. The Hall–Kier alpha value is -2.30. The minimum atomic E-state index is -0.528. The predicted molar refractivity (Wildman–Crippen MR) is 74.8 cm³/mol. The number of halogens is 1. The van der Waals surface area contributed by atoms with E-state index in [1.807, 2.05) is 6.92 Å². The highest BCUT2D eigenvalue weighted by atomic mass is 19.1. The number of anilines is 1. The molecule has 106 valence electrons. The molecule has 0 unspecified atom stereocenters. The lowest BCUT2D eigenvalue weighted by atomic mass is 10.1. The number of furan rings is 1. The Morgan fingerprint density at radius 1 is 1.40 bits per heavy atom. The van der Waals surface area contributed by atoms with Crippen molar-refractivity contribution in [3.05, 3.63) is 52.7 Å². The van der Waals surface area contributed by atoms with Crippen LogP contribution < -0.4 is 5.73 Å². The van der Waals surface area contributed by atoms with Crippen LogP contribution in [0.1, 0.15) is 27.2 Å². The van der Waals surface area contributed by atoms with Gasteiger partial charge in [0.05, 0.1) is 11.8 Å². The van der Waals surface area contributed by atoms with Crippen molar-refractivity contribution in [2.24, 2.45) is 0 Å². The first-order valence-corrected chi connectivity index (χ1v) is 6.24. The summed E-state index contributed by atoms with van der Waals surface area (Å²) in [5.74, 6) is -0.188. The topological polar surface area (TPSA) is 59.5 Å². The molecule has 0 fully saturated rings. The molecule has 0 saturated carbocycles. The van der Waals surface area contributed by atoms with E-state index in [1.54, 1.807) is 26.3 Å². The lowest BCUT2D eigenvalue weighted by Gasteiger charge is -2.18. The molecule has 0 saturated heterocycles. The molecule has 0 bridgehead atoms. The van der Waals surface area contributed by atoms with E-state index in [0.717, 1.165) is 11.3 Å². The Morgan fingerprint density at radius 2 is 2.10 bits per heavy atom. The molecule has 1 aromatic heterocycles. The second kappa shape index (κ2) is 5.36. The number of nitrogens with two attached hydrogens (primary N) is 1. The molecule has 2 N–H and O–H groups in total. The van der Waals surface area contributed by atoms with Gasteiger partial charge >= 0.3 is 0 Å². The number of benzene rings is 1. The van der Waals surface area contributed by atoms with Gasteiger partial charge in [0.2, 0.25) is 0 Å². The third-order valence-corrected chi connectivity index (χ3v) is 3.23. The van der Waals surface area contributed by atoms with E-state index in [4.69, 9.17) is 10.2 Å². The zero-order valence-corrected chi connectivity index (χ0v) is 11.7. The molecular weight excluding hydrogens is 259 g/mol. The summed E-state index contributed by atoms with van der Waals surface area (Å²) in [5, 5.41) is 0. The molecule has 1 aromatic carbocycles. The number of hydrogen-bond donors (Lipinski definition) is 1. The second-order valence-electron chi connectivity index (χ2n) is 4.86. The van der Waals surface area contributed by atoms with Gasteiger partial charge in [-0.2, -0.15) is 0 Å². The molecule has 0 radical (unpaired) electrons. The average Bonchev–Trinajstić information content (AvgIpc) is 2.78. The van der Waals surface area contributed by atoms with Crippen molar-refractivity contribution in [3.8, 4) is 0 Å². The summed E-state index contributed by atoms with van der Waals surface area (Å²) in [7, 11) is 1.62. The van der Waals surface area contributed by atoms with E-state index < -0.39 is 11.7 Å².